The van der Waals surface area contributed by atoms with Gasteiger partial charge in [0.05, 0.1) is 11.1 Å². The van der Waals surface area contributed by atoms with Crippen LogP contribution in [-0.4, -0.2) is 29.0 Å². The summed E-state index contributed by atoms with van der Waals surface area (Å²) in [4.78, 5) is 39.1. The van der Waals surface area contributed by atoms with Crippen molar-refractivity contribution >= 4 is 40.4 Å². The highest BCUT2D eigenvalue weighted by Gasteiger charge is 2.28. The number of esters is 1. The molecule has 0 saturated carbocycles. The third-order valence-corrected chi connectivity index (χ3v) is 3.45. The van der Waals surface area contributed by atoms with E-state index in [0.29, 0.717) is 16.1 Å². The van der Waals surface area contributed by atoms with Crippen molar-refractivity contribution in [1.29, 1.82) is 0 Å². The van der Waals surface area contributed by atoms with Gasteiger partial charge in [0.25, 0.3) is 5.91 Å². The number of urea groups is 1. The molecule has 0 aliphatic heterocycles. The van der Waals surface area contributed by atoms with E-state index in [9.17, 15) is 14.4 Å². The highest BCUT2D eigenvalue weighted by atomic mass is 35.5. The van der Waals surface area contributed by atoms with Crippen LogP contribution in [0.1, 0.15) is 24.2 Å². The fraction of sp³-hybridized carbons (Fsp3) is 0.250. The summed E-state index contributed by atoms with van der Waals surface area (Å²) in [6.07, 6.45) is -1.14. The lowest BCUT2D eigenvalue weighted by Crippen LogP contribution is -2.45. The summed E-state index contributed by atoms with van der Waals surface area (Å²) < 4.78 is 5.23. The zero-order valence-electron chi connectivity index (χ0n) is 13.1. The smallest absolute Gasteiger partial charge is 0.338 e. The molecular weight excluding hydrogens is 334 g/mol. The molecule has 24 heavy (non-hydrogen) atoms. The van der Waals surface area contributed by atoms with Gasteiger partial charge in [0.15, 0.2) is 6.10 Å². The summed E-state index contributed by atoms with van der Waals surface area (Å²) in [5, 5.41) is 2.97. The molecule has 8 heteroatoms. The molecule has 0 aliphatic carbocycles. The van der Waals surface area contributed by atoms with Crippen LogP contribution in [0, 0.1) is 5.92 Å². The largest absolute Gasteiger partial charge is 0.448 e. The summed E-state index contributed by atoms with van der Waals surface area (Å²) in [7, 11) is 0. The number of carbonyl (C=O) groups is 3. The Morgan fingerprint density at radius 1 is 1.21 bits per heavy atom. The number of amides is 3. The number of rotatable bonds is 4. The monoisotopic (exact) mass is 349 g/mol. The summed E-state index contributed by atoms with van der Waals surface area (Å²) in [6, 6.07) is 7.07. The van der Waals surface area contributed by atoms with Gasteiger partial charge >= 0.3 is 12.0 Å². The topological polar surface area (TPSA) is 111 Å². The second-order valence-electron chi connectivity index (χ2n) is 5.46. The van der Waals surface area contributed by atoms with Crippen LogP contribution in [0.5, 0.6) is 0 Å². The Bertz CT molecular complexity index is 807. The number of benzene rings is 1. The molecule has 3 amide bonds. The van der Waals surface area contributed by atoms with E-state index in [1.165, 1.54) is 6.07 Å². The number of halogens is 1. The van der Waals surface area contributed by atoms with E-state index < -0.39 is 24.0 Å². The predicted octanol–water partition coefficient (Wildman–Crippen LogP) is 2.26. The van der Waals surface area contributed by atoms with Gasteiger partial charge in [-0.15, -0.1) is 0 Å². The average molecular weight is 350 g/mol. The molecule has 1 aromatic carbocycles. The van der Waals surface area contributed by atoms with Crippen molar-refractivity contribution in [2.75, 3.05) is 0 Å². The molecule has 0 fully saturated rings. The molecule has 2 rings (SSSR count). The highest BCUT2D eigenvalue weighted by Crippen LogP contribution is 2.19. The molecule has 1 atom stereocenters. The Morgan fingerprint density at radius 2 is 1.92 bits per heavy atom. The van der Waals surface area contributed by atoms with Crippen molar-refractivity contribution in [2.45, 2.75) is 20.0 Å². The second-order valence-corrected chi connectivity index (χ2v) is 5.85. The highest BCUT2D eigenvalue weighted by molar-refractivity contribution is 6.29. The van der Waals surface area contributed by atoms with E-state index in [2.05, 4.69) is 4.98 Å². The van der Waals surface area contributed by atoms with Crippen molar-refractivity contribution in [3.05, 3.63) is 41.0 Å². The number of nitrogens with zero attached hydrogens (tertiary/aromatic N) is 1. The standard InChI is InChI=1S/C16H16ClN3O4/c1-8(2)13(14(21)20-16(18)23)24-15(22)10-3-5-11-9(7-10)4-6-12(17)19-11/h3-8,13H,1-2H3,(H3,18,20,21,23). The van der Waals surface area contributed by atoms with Crippen LogP contribution >= 0.6 is 11.6 Å². The Morgan fingerprint density at radius 3 is 2.54 bits per heavy atom. The third-order valence-electron chi connectivity index (χ3n) is 3.24. The SMILES string of the molecule is CC(C)C(OC(=O)c1ccc2nc(Cl)ccc2c1)C(=O)NC(N)=O. The lowest BCUT2D eigenvalue weighted by Gasteiger charge is -2.19. The summed E-state index contributed by atoms with van der Waals surface area (Å²) in [5.74, 6) is -1.79. The quantitative estimate of drug-likeness (QED) is 0.649. The summed E-state index contributed by atoms with van der Waals surface area (Å²) >= 11 is 5.82. The van der Waals surface area contributed by atoms with Crippen LogP contribution in [0.2, 0.25) is 5.15 Å². The van der Waals surface area contributed by atoms with Gasteiger partial charge in [-0.05, 0) is 36.2 Å². The average Bonchev–Trinajstić information content (AvgIpc) is 2.50. The number of nitrogens with two attached hydrogens (primary N) is 1. The van der Waals surface area contributed by atoms with Gasteiger partial charge in [0, 0.05) is 5.39 Å². The van der Waals surface area contributed by atoms with Gasteiger partial charge in [-0.2, -0.15) is 0 Å². The Kier molecular flexibility index (Phi) is 5.35. The minimum Gasteiger partial charge on any atom is -0.448 e. The van der Waals surface area contributed by atoms with Crippen molar-refractivity contribution in [3.8, 4) is 0 Å². The molecule has 0 radical (unpaired) electrons. The number of hydrogen-bond donors (Lipinski definition) is 2. The molecule has 7 nitrogen and oxygen atoms in total. The molecule has 126 valence electrons. The number of ether oxygens (including phenoxy) is 1. The lowest BCUT2D eigenvalue weighted by atomic mass is 10.1. The zero-order chi connectivity index (χ0) is 17.9. The molecule has 1 aromatic heterocycles. The van der Waals surface area contributed by atoms with Crippen molar-refractivity contribution in [3.63, 3.8) is 0 Å². The molecule has 0 bridgehead atoms. The molecule has 3 N–H and O–H groups in total. The van der Waals surface area contributed by atoms with Crippen LogP contribution in [0.4, 0.5) is 4.79 Å². The minimum absolute atomic E-state index is 0.254. The fourth-order valence-electron chi connectivity index (χ4n) is 2.10. The molecule has 0 spiro atoms. The molecular formula is C16H16ClN3O4. The summed E-state index contributed by atoms with van der Waals surface area (Å²) in [5.41, 5.74) is 5.80. The Hall–Kier alpha value is -2.67. The van der Waals surface area contributed by atoms with E-state index in [1.807, 2.05) is 5.32 Å². The molecule has 1 unspecified atom stereocenters. The van der Waals surface area contributed by atoms with Crippen LogP contribution < -0.4 is 11.1 Å². The van der Waals surface area contributed by atoms with Gasteiger partial charge in [0.1, 0.15) is 5.15 Å². The van der Waals surface area contributed by atoms with Crippen LogP contribution in [0.25, 0.3) is 10.9 Å². The number of pyridine rings is 1. The van der Waals surface area contributed by atoms with Crippen molar-refractivity contribution < 1.29 is 19.1 Å². The Labute approximate surface area is 143 Å². The molecule has 0 aliphatic rings. The molecule has 0 saturated heterocycles. The van der Waals surface area contributed by atoms with Gasteiger partial charge < -0.3 is 10.5 Å². The molecule has 2 aromatic rings. The normalized spacial score (nSPS) is 12.0. The first-order valence-electron chi connectivity index (χ1n) is 7.15. The van der Waals surface area contributed by atoms with E-state index >= 15 is 0 Å². The predicted molar refractivity (Wildman–Crippen MR) is 88.5 cm³/mol. The maximum Gasteiger partial charge on any atom is 0.338 e. The van der Waals surface area contributed by atoms with Crippen molar-refractivity contribution in [2.24, 2.45) is 11.7 Å². The lowest BCUT2D eigenvalue weighted by molar-refractivity contribution is -0.130. The minimum atomic E-state index is -1.14. The van der Waals surface area contributed by atoms with Gasteiger partial charge in [0.2, 0.25) is 0 Å². The molecule has 1 heterocycles. The van der Waals surface area contributed by atoms with Crippen LogP contribution in [-0.2, 0) is 9.53 Å². The van der Waals surface area contributed by atoms with E-state index in [-0.39, 0.29) is 11.5 Å². The van der Waals surface area contributed by atoms with E-state index in [4.69, 9.17) is 22.1 Å². The first-order chi connectivity index (χ1) is 11.3. The maximum atomic E-state index is 12.3. The number of hydrogen-bond acceptors (Lipinski definition) is 5. The second kappa shape index (κ2) is 7.27. The van der Waals surface area contributed by atoms with E-state index in [1.54, 1.807) is 38.1 Å². The maximum absolute atomic E-state index is 12.3. The Balaban J connectivity index is 2.22. The number of imide groups is 1. The van der Waals surface area contributed by atoms with Crippen molar-refractivity contribution in [1.82, 2.24) is 10.3 Å². The number of carbonyl (C=O) groups excluding carboxylic acids is 3. The number of fused-ring (bicyclic) bond motifs is 1. The summed E-state index contributed by atoms with van der Waals surface area (Å²) in [6.45, 7) is 3.37. The fourth-order valence-corrected chi connectivity index (χ4v) is 2.25. The first-order valence-corrected chi connectivity index (χ1v) is 7.53. The van der Waals surface area contributed by atoms with Crippen LogP contribution in [0.15, 0.2) is 30.3 Å². The number of nitrogens with one attached hydrogen (secondary N) is 1. The number of aromatic nitrogens is 1. The first kappa shape index (κ1) is 17.7. The third kappa shape index (κ3) is 4.20. The van der Waals surface area contributed by atoms with Gasteiger partial charge in [-0.25, -0.2) is 14.6 Å². The van der Waals surface area contributed by atoms with E-state index in [0.717, 1.165) is 0 Å². The van der Waals surface area contributed by atoms with Gasteiger partial charge in [-0.3, -0.25) is 10.1 Å². The van der Waals surface area contributed by atoms with Crippen LogP contribution in [0.3, 0.4) is 0 Å². The zero-order valence-corrected chi connectivity index (χ0v) is 13.8. The van der Waals surface area contributed by atoms with Gasteiger partial charge in [-0.1, -0.05) is 25.4 Å². The number of primary amides is 1.